The molecule has 0 spiro atoms. The highest BCUT2D eigenvalue weighted by atomic mass is 35.5. The highest BCUT2D eigenvalue weighted by Gasteiger charge is 2.35. The maximum Gasteiger partial charge on any atom is 0.341 e. The summed E-state index contributed by atoms with van der Waals surface area (Å²) in [6, 6.07) is 0.191. The van der Waals surface area contributed by atoms with E-state index < -0.39 is 17.6 Å². The Morgan fingerprint density at radius 1 is 1.41 bits per heavy atom. The first kappa shape index (κ1) is 24.1. The number of carbonyl (C=O) groups excluding carboxylic acids is 1. The SMILES string of the molecule is C=C(OC)/C(=C(F)\C=C1/CN(C2CC2)C=C(C(=O)O)C1=O)N1CCC(=C(Cl)CNC)CC1. The number of methoxy groups -OCH3 is 1. The van der Waals surface area contributed by atoms with E-state index in [9.17, 15) is 14.7 Å². The summed E-state index contributed by atoms with van der Waals surface area (Å²) < 4.78 is 20.8. The third kappa shape index (κ3) is 5.42. The summed E-state index contributed by atoms with van der Waals surface area (Å²) in [5.74, 6) is -2.51. The molecule has 3 rings (SSSR count). The highest BCUT2D eigenvalue weighted by molar-refractivity contribution is 6.30. The number of nitrogens with one attached hydrogen (secondary N) is 1. The van der Waals surface area contributed by atoms with Crippen LogP contribution in [-0.2, 0) is 14.3 Å². The average Bonchev–Trinajstić information content (AvgIpc) is 3.61. The van der Waals surface area contributed by atoms with Crippen LogP contribution in [0.4, 0.5) is 4.39 Å². The van der Waals surface area contributed by atoms with E-state index in [2.05, 4.69) is 11.9 Å². The lowest BCUT2D eigenvalue weighted by Crippen LogP contribution is -2.34. The number of hydrogen-bond acceptors (Lipinski definition) is 6. The monoisotopic (exact) mass is 465 g/mol. The molecule has 7 nitrogen and oxygen atoms in total. The van der Waals surface area contributed by atoms with Crippen molar-refractivity contribution in [3.63, 3.8) is 0 Å². The van der Waals surface area contributed by atoms with Gasteiger partial charge in [-0.05, 0) is 38.8 Å². The van der Waals surface area contributed by atoms with Gasteiger partial charge < -0.3 is 25.0 Å². The number of ether oxygens (including phenoxy) is 1. The number of halogens is 2. The first-order valence-corrected chi connectivity index (χ1v) is 11.0. The Kier molecular flexibility index (Phi) is 7.79. The van der Waals surface area contributed by atoms with Gasteiger partial charge in [-0.2, -0.15) is 0 Å². The fourth-order valence-corrected chi connectivity index (χ4v) is 4.27. The van der Waals surface area contributed by atoms with Crippen molar-refractivity contribution in [3.8, 4) is 0 Å². The zero-order valence-corrected chi connectivity index (χ0v) is 19.2. The smallest absolute Gasteiger partial charge is 0.341 e. The quantitative estimate of drug-likeness (QED) is 0.247. The first-order chi connectivity index (χ1) is 15.3. The number of allylic oxidation sites excluding steroid dienone is 2. The Bertz CT molecular complexity index is 924. The van der Waals surface area contributed by atoms with Gasteiger partial charge in [0.2, 0.25) is 0 Å². The van der Waals surface area contributed by atoms with Gasteiger partial charge in [0.05, 0.1) is 7.11 Å². The summed E-state index contributed by atoms with van der Waals surface area (Å²) in [5, 5.41) is 13.2. The summed E-state index contributed by atoms with van der Waals surface area (Å²) >= 11 is 6.33. The van der Waals surface area contributed by atoms with Crippen LogP contribution < -0.4 is 5.32 Å². The first-order valence-electron chi connectivity index (χ1n) is 10.6. The molecular weight excluding hydrogens is 437 g/mol. The van der Waals surface area contributed by atoms with Crippen molar-refractivity contribution in [2.75, 3.05) is 40.3 Å². The zero-order valence-electron chi connectivity index (χ0n) is 18.4. The largest absolute Gasteiger partial charge is 0.495 e. The number of carboxylic acids is 1. The molecule has 0 amide bonds. The molecule has 32 heavy (non-hydrogen) atoms. The lowest BCUT2D eigenvalue weighted by molar-refractivity contribution is -0.134. The second-order valence-corrected chi connectivity index (χ2v) is 8.56. The Balaban J connectivity index is 1.89. The van der Waals surface area contributed by atoms with Crippen LogP contribution in [0.15, 0.2) is 57.9 Å². The van der Waals surface area contributed by atoms with Crippen molar-refractivity contribution >= 4 is 23.4 Å². The van der Waals surface area contributed by atoms with Crippen molar-refractivity contribution in [2.24, 2.45) is 0 Å². The van der Waals surface area contributed by atoms with Gasteiger partial charge in [-0.3, -0.25) is 4.79 Å². The van der Waals surface area contributed by atoms with E-state index in [1.54, 1.807) is 4.90 Å². The molecule has 0 bridgehead atoms. The number of carboxylic acid groups (broad SMARTS) is 1. The number of Topliss-reactive ketones (excluding diaryl/α,β-unsaturated/α-hetero) is 1. The standard InChI is InChI=1S/C23H29ClFN3O4/c1-14(32-3)21(27-8-6-15(7-9-27)19(24)11-26-2)20(25)10-16-12-28(17-4-5-17)13-18(22(16)29)23(30)31/h10,13,17,26H,1,4-9,11-12H2,2-3H3,(H,30,31)/b16-10+,21-20-. The molecule has 0 aromatic carbocycles. The Morgan fingerprint density at radius 3 is 2.59 bits per heavy atom. The van der Waals surface area contributed by atoms with Crippen LogP contribution in [0.25, 0.3) is 0 Å². The van der Waals surface area contributed by atoms with E-state index in [1.165, 1.54) is 13.3 Å². The molecule has 0 unspecified atom stereocenters. The minimum Gasteiger partial charge on any atom is -0.495 e. The zero-order chi connectivity index (χ0) is 23.4. The number of likely N-dealkylation sites (tertiary alicyclic amines) is 1. The van der Waals surface area contributed by atoms with E-state index in [0.717, 1.165) is 29.5 Å². The van der Waals surface area contributed by atoms with Crippen molar-refractivity contribution in [1.29, 1.82) is 0 Å². The number of rotatable bonds is 8. The molecule has 174 valence electrons. The summed E-state index contributed by atoms with van der Waals surface area (Å²) in [5.41, 5.74) is 1.05. The van der Waals surface area contributed by atoms with Crippen molar-refractivity contribution in [2.45, 2.75) is 31.7 Å². The maximum atomic E-state index is 15.5. The number of ketones is 1. The molecule has 2 aliphatic heterocycles. The van der Waals surface area contributed by atoms with E-state index in [1.807, 2.05) is 11.9 Å². The molecule has 2 N–H and O–H groups in total. The van der Waals surface area contributed by atoms with Gasteiger partial charge in [-0.1, -0.05) is 23.8 Å². The van der Waals surface area contributed by atoms with E-state index in [0.29, 0.717) is 32.5 Å². The number of piperidine rings is 1. The predicted octanol–water partition coefficient (Wildman–Crippen LogP) is 3.08. The summed E-state index contributed by atoms with van der Waals surface area (Å²) in [4.78, 5) is 27.9. The molecule has 1 aliphatic carbocycles. The molecule has 0 atom stereocenters. The molecule has 0 aromatic rings. The normalized spacial score (nSPS) is 21.4. The third-order valence-electron chi connectivity index (χ3n) is 5.87. The van der Waals surface area contributed by atoms with Gasteiger partial charge in [0.15, 0.2) is 11.6 Å². The van der Waals surface area contributed by atoms with Crippen molar-refractivity contribution in [3.05, 3.63) is 57.9 Å². The molecular formula is C23H29ClFN3O4. The molecule has 9 heteroatoms. The van der Waals surface area contributed by atoms with Crippen LogP contribution in [-0.4, -0.2) is 73.0 Å². The molecule has 0 aromatic heterocycles. The number of aliphatic carboxylic acids is 1. The fraction of sp³-hybridized carbons (Fsp3) is 0.478. The number of nitrogens with zero attached hydrogens (tertiary/aromatic N) is 2. The number of hydrogen-bond donors (Lipinski definition) is 2. The van der Waals surface area contributed by atoms with Crippen LogP contribution in [0.5, 0.6) is 0 Å². The van der Waals surface area contributed by atoms with Crippen LogP contribution in [0.3, 0.4) is 0 Å². The predicted molar refractivity (Wildman–Crippen MR) is 120 cm³/mol. The molecule has 0 radical (unpaired) electrons. The Morgan fingerprint density at radius 2 is 2.06 bits per heavy atom. The average molecular weight is 466 g/mol. The van der Waals surface area contributed by atoms with E-state index in [-0.39, 0.29) is 35.2 Å². The molecule has 3 aliphatic rings. The summed E-state index contributed by atoms with van der Waals surface area (Å²) in [6.45, 7) is 5.62. The van der Waals surface area contributed by atoms with Crippen LogP contribution in [0.2, 0.25) is 0 Å². The summed E-state index contributed by atoms with van der Waals surface area (Å²) in [6.07, 6.45) is 5.70. The molecule has 2 heterocycles. The van der Waals surface area contributed by atoms with Gasteiger partial charge in [-0.15, -0.1) is 0 Å². The van der Waals surface area contributed by atoms with Crippen LogP contribution >= 0.6 is 11.6 Å². The van der Waals surface area contributed by atoms with Crippen molar-refractivity contribution in [1.82, 2.24) is 15.1 Å². The van der Waals surface area contributed by atoms with Gasteiger partial charge >= 0.3 is 5.97 Å². The fourth-order valence-electron chi connectivity index (χ4n) is 3.95. The number of likely N-dealkylation sites (N-methyl/N-ethyl adjacent to an activating group) is 1. The topological polar surface area (TPSA) is 82.1 Å². The lowest BCUT2D eigenvalue weighted by atomic mass is 9.98. The minimum atomic E-state index is -1.31. The molecule has 1 saturated heterocycles. The molecule has 2 fully saturated rings. The van der Waals surface area contributed by atoms with Gasteiger partial charge in [-0.25, -0.2) is 9.18 Å². The van der Waals surface area contributed by atoms with E-state index in [4.69, 9.17) is 16.3 Å². The van der Waals surface area contributed by atoms with Gasteiger partial charge in [0, 0.05) is 49.0 Å². The minimum absolute atomic E-state index is 0.102. The van der Waals surface area contributed by atoms with E-state index >= 15 is 4.39 Å². The Labute approximate surface area is 192 Å². The second-order valence-electron chi connectivity index (χ2n) is 8.10. The second kappa shape index (κ2) is 10.4. The lowest BCUT2D eigenvalue weighted by Gasteiger charge is -2.33. The van der Waals surface area contributed by atoms with Gasteiger partial charge in [0.1, 0.15) is 17.0 Å². The third-order valence-corrected chi connectivity index (χ3v) is 6.27. The summed E-state index contributed by atoms with van der Waals surface area (Å²) in [7, 11) is 3.24. The molecule has 1 saturated carbocycles. The van der Waals surface area contributed by atoms with Crippen LogP contribution in [0.1, 0.15) is 25.7 Å². The number of carbonyl (C=O) groups is 2. The Hall–Kier alpha value is -2.58. The van der Waals surface area contributed by atoms with Crippen LogP contribution in [0, 0.1) is 0 Å². The van der Waals surface area contributed by atoms with Gasteiger partial charge in [0.25, 0.3) is 0 Å². The highest BCUT2D eigenvalue weighted by Crippen LogP contribution is 2.33. The maximum absolute atomic E-state index is 15.5. The van der Waals surface area contributed by atoms with Crippen molar-refractivity contribution < 1.29 is 23.8 Å².